The third-order valence-electron chi connectivity index (χ3n) is 4.05. The summed E-state index contributed by atoms with van der Waals surface area (Å²) in [6, 6.07) is 2.77. The minimum atomic E-state index is -0.476. The Hall–Kier alpha value is -2.81. The quantitative estimate of drug-likeness (QED) is 0.706. The average molecular weight is 363 g/mol. The lowest BCUT2D eigenvalue weighted by atomic mass is 10.0. The summed E-state index contributed by atoms with van der Waals surface area (Å²) in [5.74, 6) is -0.292. The Bertz CT molecular complexity index is 1010. The Morgan fingerprint density at radius 3 is 2.76 bits per heavy atom. The maximum absolute atomic E-state index is 12.9. The first-order valence-electron chi connectivity index (χ1n) is 7.52. The molecule has 4 rings (SSSR count). The van der Waals surface area contributed by atoms with Crippen molar-refractivity contribution >= 4 is 23.2 Å². The Morgan fingerprint density at radius 1 is 1.36 bits per heavy atom. The van der Waals surface area contributed by atoms with Gasteiger partial charge in [0.25, 0.3) is 11.5 Å². The van der Waals surface area contributed by atoms with Crippen LogP contribution in [0.2, 0.25) is 5.15 Å². The molecule has 1 aliphatic heterocycles. The van der Waals surface area contributed by atoms with Crippen LogP contribution in [0, 0.1) is 5.92 Å². The van der Waals surface area contributed by atoms with E-state index in [1.165, 1.54) is 17.3 Å². The van der Waals surface area contributed by atoms with E-state index in [0.717, 1.165) is 10.6 Å². The summed E-state index contributed by atoms with van der Waals surface area (Å²) in [5.41, 5.74) is 0.0365. The fourth-order valence-corrected chi connectivity index (χ4v) is 2.97. The van der Waals surface area contributed by atoms with Crippen LogP contribution < -0.4 is 5.56 Å². The Morgan fingerprint density at radius 2 is 2.08 bits per heavy atom. The van der Waals surface area contributed by atoms with Gasteiger partial charge in [0.2, 0.25) is 0 Å². The first-order chi connectivity index (χ1) is 12.1. The van der Waals surface area contributed by atoms with Crippen LogP contribution in [0.15, 0.2) is 29.3 Å². The first-order valence-corrected chi connectivity index (χ1v) is 7.90. The van der Waals surface area contributed by atoms with E-state index in [4.69, 9.17) is 11.6 Å². The van der Waals surface area contributed by atoms with Crippen LogP contribution in [-0.2, 0) is 0 Å². The number of nitrogens with one attached hydrogen (secondary N) is 1. The van der Waals surface area contributed by atoms with Crippen LogP contribution in [0.1, 0.15) is 10.4 Å². The Kier molecular flexibility index (Phi) is 3.72. The number of rotatable bonds is 3. The zero-order chi connectivity index (χ0) is 17.6. The summed E-state index contributed by atoms with van der Waals surface area (Å²) < 4.78 is 13.8. The minimum absolute atomic E-state index is 0.0242. The van der Waals surface area contributed by atoms with Gasteiger partial charge < -0.3 is 4.90 Å². The molecule has 0 spiro atoms. The summed E-state index contributed by atoms with van der Waals surface area (Å²) in [7, 11) is 0. The van der Waals surface area contributed by atoms with Crippen LogP contribution in [0.5, 0.6) is 0 Å². The summed E-state index contributed by atoms with van der Waals surface area (Å²) in [5, 5.41) is 2.80. The molecule has 3 aromatic heterocycles. The molecule has 10 heteroatoms. The van der Waals surface area contributed by atoms with E-state index in [-0.39, 0.29) is 39.7 Å². The maximum atomic E-state index is 12.9. The van der Waals surface area contributed by atoms with Gasteiger partial charge in [-0.2, -0.15) is 0 Å². The first kappa shape index (κ1) is 15.7. The molecule has 1 fully saturated rings. The van der Waals surface area contributed by atoms with Crippen LogP contribution >= 0.6 is 11.6 Å². The van der Waals surface area contributed by atoms with Gasteiger partial charge >= 0.3 is 0 Å². The number of carbonyl (C=O) groups is 1. The lowest BCUT2D eigenvalue weighted by Gasteiger charge is -2.37. The van der Waals surface area contributed by atoms with Gasteiger partial charge in [-0.05, 0) is 6.07 Å². The number of hydrogen-bond acceptors (Lipinski definition) is 5. The van der Waals surface area contributed by atoms with Crippen LogP contribution in [0.4, 0.5) is 4.39 Å². The van der Waals surface area contributed by atoms with Crippen molar-refractivity contribution in [2.75, 3.05) is 19.8 Å². The van der Waals surface area contributed by atoms with Crippen molar-refractivity contribution < 1.29 is 9.18 Å². The molecule has 0 bridgehead atoms. The minimum Gasteiger partial charge on any atom is -0.338 e. The predicted molar refractivity (Wildman–Crippen MR) is 87.2 cm³/mol. The van der Waals surface area contributed by atoms with Crippen LogP contribution in [0.25, 0.3) is 17.2 Å². The zero-order valence-electron chi connectivity index (χ0n) is 12.8. The summed E-state index contributed by atoms with van der Waals surface area (Å²) in [6.45, 7) is 0.148. The molecule has 0 aromatic carbocycles. The number of likely N-dealkylation sites (tertiary alicyclic amines) is 1. The van der Waals surface area contributed by atoms with E-state index < -0.39 is 12.2 Å². The SMILES string of the molecule is O=C(c1c(-c2ncccn2)[nH]n2c(=O)cc(Cl)nc12)N1CC(CF)C1. The van der Waals surface area contributed by atoms with E-state index >= 15 is 0 Å². The smallest absolute Gasteiger partial charge is 0.274 e. The molecule has 4 heterocycles. The fourth-order valence-electron chi connectivity index (χ4n) is 2.79. The molecule has 1 N–H and O–H groups in total. The number of H-pyrrole nitrogens is 1. The number of aromatic nitrogens is 5. The van der Waals surface area contributed by atoms with Crippen molar-refractivity contribution in [1.29, 1.82) is 0 Å². The molecule has 0 atom stereocenters. The highest BCUT2D eigenvalue weighted by Crippen LogP contribution is 2.27. The van der Waals surface area contributed by atoms with Gasteiger partial charge in [-0.3, -0.25) is 19.1 Å². The number of fused-ring (bicyclic) bond motifs is 1. The molecule has 0 saturated carbocycles. The molecule has 1 aliphatic rings. The molecule has 1 amide bonds. The van der Waals surface area contributed by atoms with Gasteiger partial charge in [-0.25, -0.2) is 19.5 Å². The Balaban J connectivity index is 1.91. The van der Waals surface area contributed by atoms with Gasteiger partial charge in [-0.15, -0.1) is 0 Å². The van der Waals surface area contributed by atoms with Crippen LogP contribution in [0.3, 0.4) is 0 Å². The number of carbonyl (C=O) groups excluding carboxylic acids is 1. The summed E-state index contributed by atoms with van der Waals surface area (Å²) in [4.78, 5) is 38.9. The molecule has 8 nitrogen and oxygen atoms in total. The van der Waals surface area contributed by atoms with Gasteiger partial charge in [0.05, 0.1) is 6.67 Å². The molecule has 3 aromatic rings. The van der Waals surface area contributed by atoms with Gasteiger partial charge in [-0.1, -0.05) is 11.6 Å². The average Bonchev–Trinajstić information content (AvgIpc) is 2.94. The van der Waals surface area contributed by atoms with Gasteiger partial charge in [0.15, 0.2) is 11.5 Å². The standard InChI is InChI=1S/C15H12ClFN6O2/c16-9-4-10(24)23-14(20-9)11(15(25)22-6-8(5-17)7-22)12(21-23)13-18-2-1-3-19-13/h1-4,8,21H,5-7H2. The number of halogens is 2. The van der Waals surface area contributed by atoms with E-state index in [2.05, 4.69) is 20.1 Å². The molecule has 0 aliphatic carbocycles. The predicted octanol–water partition coefficient (Wildman–Crippen LogP) is 1.17. The van der Waals surface area contributed by atoms with E-state index in [9.17, 15) is 14.0 Å². The number of amides is 1. The topological polar surface area (TPSA) is 96.2 Å². The van der Waals surface area contributed by atoms with Crippen molar-refractivity contribution in [2.24, 2.45) is 5.92 Å². The largest absolute Gasteiger partial charge is 0.338 e. The highest BCUT2D eigenvalue weighted by Gasteiger charge is 2.35. The van der Waals surface area contributed by atoms with E-state index in [0.29, 0.717) is 13.1 Å². The van der Waals surface area contributed by atoms with E-state index in [1.807, 2.05) is 0 Å². The second kappa shape index (κ2) is 5.92. The third kappa shape index (κ3) is 2.56. The normalized spacial score (nSPS) is 14.7. The summed E-state index contributed by atoms with van der Waals surface area (Å²) in [6.07, 6.45) is 3.04. The zero-order valence-corrected chi connectivity index (χ0v) is 13.6. The molecule has 25 heavy (non-hydrogen) atoms. The Labute approximate surface area is 145 Å². The number of hydrogen-bond donors (Lipinski definition) is 1. The van der Waals surface area contributed by atoms with Crippen molar-refractivity contribution in [3.63, 3.8) is 0 Å². The van der Waals surface area contributed by atoms with Crippen molar-refractivity contribution in [3.05, 3.63) is 45.6 Å². The number of aromatic amines is 1. The molecular weight excluding hydrogens is 351 g/mol. The fraction of sp³-hybridized carbons (Fsp3) is 0.267. The van der Waals surface area contributed by atoms with Crippen LogP contribution in [-0.4, -0.2) is 55.1 Å². The second-order valence-electron chi connectivity index (χ2n) is 5.74. The number of nitrogens with zero attached hydrogens (tertiary/aromatic N) is 5. The van der Waals surface area contributed by atoms with Crippen molar-refractivity contribution in [3.8, 4) is 11.5 Å². The number of alkyl halides is 1. The van der Waals surface area contributed by atoms with Crippen molar-refractivity contribution in [2.45, 2.75) is 0 Å². The molecular formula is C15H12ClFN6O2. The molecule has 0 unspecified atom stereocenters. The van der Waals surface area contributed by atoms with Crippen molar-refractivity contribution in [1.82, 2.24) is 29.5 Å². The lowest BCUT2D eigenvalue weighted by Crippen LogP contribution is -2.50. The molecule has 1 saturated heterocycles. The van der Waals surface area contributed by atoms with Gasteiger partial charge in [0, 0.05) is 37.5 Å². The van der Waals surface area contributed by atoms with E-state index in [1.54, 1.807) is 6.07 Å². The second-order valence-corrected chi connectivity index (χ2v) is 6.13. The van der Waals surface area contributed by atoms with Gasteiger partial charge in [0.1, 0.15) is 16.4 Å². The highest BCUT2D eigenvalue weighted by atomic mass is 35.5. The lowest BCUT2D eigenvalue weighted by molar-refractivity contribution is 0.0455. The summed E-state index contributed by atoms with van der Waals surface area (Å²) >= 11 is 5.88. The third-order valence-corrected chi connectivity index (χ3v) is 4.24. The highest BCUT2D eigenvalue weighted by molar-refractivity contribution is 6.29. The molecule has 0 radical (unpaired) electrons. The monoisotopic (exact) mass is 362 g/mol. The maximum Gasteiger partial charge on any atom is 0.274 e. The molecule has 128 valence electrons.